The molecule has 1 aliphatic heterocycles. The Morgan fingerprint density at radius 3 is 2.38 bits per heavy atom. The molecule has 0 aliphatic carbocycles. The van der Waals surface area contributed by atoms with Gasteiger partial charge in [-0.1, -0.05) is 0 Å². The molecule has 1 atom stereocenters. The van der Waals surface area contributed by atoms with Crippen molar-refractivity contribution < 1.29 is 27.9 Å². The Labute approximate surface area is 136 Å². The summed E-state index contributed by atoms with van der Waals surface area (Å²) in [5.41, 5.74) is 1.81. The van der Waals surface area contributed by atoms with Crippen LogP contribution in [0.25, 0.3) is 0 Å². The van der Waals surface area contributed by atoms with E-state index in [0.29, 0.717) is 12.8 Å². The third-order valence-corrected chi connectivity index (χ3v) is 4.32. The van der Waals surface area contributed by atoms with E-state index in [2.05, 4.69) is 4.98 Å². The number of primary amides is 1. The molecule has 3 N–H and O–H groups in total. The van der Waals surface area contributed by atoms with Crippen LogP contribution >= 0.6 is 0 Å². The maximum Gasteiger partial charge on any atom is 0.425 e. The third-order valence-electron chi connectivity index (χ3n) is 4.32. The minimum atomic E-state index is -5.06. The van der Waals surface area contributed by atoms with Gasteiger partial charge in [0.25, 0.3) is 0 Å². The Morgan fingerprint density at radius 2 is 1.96 bits per heavy atom. The van der Waals surface area contributed by atoms with Crippen molar-refractivity contribution in [2.75, 3.05) is 13.1 Å². The van der Waals surface area contributed by atoms with Gasteiger partial charge in [0, 0.05) is 38.4 Å². The molecule has 2 rings (SSSR count). The lowest BCUT2D eigenvalue weighted by Gasteiger charge is -2.34. The van der Waals surface area contributed by atoms with Crippen LogP contribution < -0.4 is 5.73 Å². The highest BCUT2D eigenvalue weighted by atomic mass is 19.4. The number of imidazole rings is 1. The van der Waals surface area contributed by atoms with E-state index < -0.39 is 35.8 Å². The minimum Gasteiger partial charge on any atom is -0.374 e. The highest BCUT2D eigenvalue weighted by Crippen LogP contribution is 2.41. The summed E-state index contributed by atoms with van der Waals surface area (Å²) >= 11 is 0. The monoisotopic (exact) mass is 348 g/mol. The number of halogens is 3. The van der Waals surface area contributed by atoms with E-state index in [0.717, 1.165) is 10.8 Å². The Kier molecular flexibility index (Phi) is 4.88. The van der Waals surface area contributed by atoms with Crippen molar-refractivity contribution in [2.24, 2.45) is 18.7 Å². The Morgan fingerprint density at radius 1 is 1.38 bits per heavy atom. The fourth-order valence-corrected chi connectivity index (χ4v) is 2.81. The predicted octanol–water partition coefficient (Wildman–Crippen LogP) is 0.284. The number of likely N-dealkylation sites (tertiary alicyclic amines) is 1. The number of hydrogen-bond acceptors (Lipinski definition) is 4. The summed E-state index contributed by atoms with van der Waals surface area (Å²) < 4.78 is 41.3. The largest absolute Gasteiger partial charge is 0.425 e. The number of rotatable bonds is 4. The topological polar surface area (TPSA) is 101 Å². The van der Waals surface area contributed by atoms with Gasteiger partial charge in [0.2, 0.25) is 17.4 Å². The highest BCUT2D eigenvalue weighted by Gasteiger charge is 2.59. The minimum absolute atomic E-state index is 0.126. The smallest absolute Gasteiger partial charge is 0.374 e. The van der Waals surface area contributed by atoms with Crippen LogP contribution in [0.2, 0.25) is 0 Å². The first-order valence-corrected chi connectivity index (χ1v) is 7.40. The van der Waals surface area contributed by atoms with Gasteiger partial charge < -0.3 is 20.3 Å². The average Bonchev–Trinajstić information content (AvgIpc) is 2.92. The zero-order valence-electron chi connectivity index (χ0n) is 13.1. The van der Waals surface area contributed by atoms with Crippen molar-refractivity contribution in [2.45, 2.75) is 31.0 Å². The lowest BCUT2D eigenvalue weighted by Crippen LogP contribution is -2.50. The molecule has 1 aromatic rings. The lowest BCUT2D eigenvalue weighted by atomic mass is 9.93. The maximum absolute atomic E-state index is 13.4. The van der Waals surface area contributed by atoms with Crippen LogP contribution in [0.15, 0.2) is 12.4 Å². The van der Waals surface area contributed by atoms with Crippen molar-refractivity contribution >= 4 is 11.8 Å². The van der Waals surface area contributed by atoms with Crippen LogP contribution in [0.5, 0.6) is 0 Å². The molecular weight excluding hydrogens is 329 g/mol. The molecule has 10 heteroatoms. The van der Waals surface area contributed by atoms with E-state index in [4.69, 9.17) is 5.73 Å². The second-order valence-corrected chi connectivity index (χ2v) is 5.95. The molecule has 0 saturated carbocycles. The molecule has 24 heavy (non-hydrogen) atoms. The van der Waals surface area contributed by atoms with Gasteiger partial charge in [-0.2, -0.15) is 13.2 Å². The summed E-state index contributed by atoms with van der Waals surface area (Å²) in [6.07, 6.45) is -3.25. The van der Waals surface area contributed by atoms with Gasteiger partial charge in [0.05, 0.1) is 6.42 Å². The fourth-order valence-electron chi connectivity index (χ4n) is 2.81. The predicted molar refractivity (Wildman–Crippen MR) is 76.3 cm³/mol. The molecule has 1 aliphatic rings. The van der Waals surface area contributed by atoms with Gasteiger partial charge in [-0.3, -0.25) is 9.59 Å². The molecular formula is C14H19F3N4O3. The number of amides is 2. The Hall–Kier alpha value is -2.10. The number of nitrogens with zero attached hydrogens (tertiary/aromatic N) is 3. The number of carbonyl (C=O) groups is 2. The molecule has 7 nitrogen and oxygen atoms in total. The summed E-state index contributed by atoms with van der Waals surface area (Å²) in [6.45, 7) is 0.252. The summed E-state index contributed by atoms with van der Waals surface area (Å²) in [6, 6.07) is 0. The first-order chi connectivity index (χ1) is 11.1. The van der Waals surface area contributed by atoms with E-state index in [9.17, 15) is 27.9 Å². The second-order valence-electron chi connectivity index (χ2n) is 5.95. The molecule has 134 valence electrons. The third kappa shape index (κ3) is 3.37. The number of aromatic nitrogens is 2. The second kappa shape index (κ2) is 6.42. The van der Waals surface area contributed by atoms with Crippen LogP contribution in [-0.4, -0.2) is 50.6 Å². The van der Waals surface area contributed by atoms with Gasteiger partial charge in [-0.15, -0.1) is 0 Å². The van der Waals surface area contributed by atoms with E-state index in [-0.39, 0.29) is 19.0 Å². The summed E-state index contributed by atoms with van der Waals surface area (Å²) in [4.78, 5) is 28.1. The first-order valence-electron chi connectivity index (χ1n) is 7.40. The van der Waals surface area contributed by atoms with E-state index in [1.807, 2.05) is 0 Å². The van der Waals surface area contributed by atoms with Crippen LogP contribution in [0.4, 0.5) is 13.2 Å². The molecule has 0 radical (unpaired) electrons. The molecule has 2 heterocycles. The van der Waals surface area contributed by atoms with Gasteiger partial charge in [0.1, 0.15) is 0 Å². The number of aliphatic hydroxyl groups is 1. The van der Waals surface area contributed by atoms with Crippen LogP contribution in [0, 0.1) is 5.92 Å². The van der Waals surface area contributed by atoms with Crippen LogP contribution in [0.1, 0.15) is 25.1 Å². The maximum atomic E-state index is 13.4. The first kappa shape index (κ1) is 18.2. The number of alkyl halides is 3. The molecule has 1 saturated heterocycles. The van der Waals surface area contributed by atoms with Gasteiger partial charge in [-0.25, -0.2) is 4.98 Å². The molecule has 0 spiro atoms. The lowest BCUT2D eigenvalue weighted by molar-refractivity contribution is -0.272. The quantitative estimate of drug-likeness (QED) is 0.816. The van der Waals surface area contributed by atoms with Crippen molar-refractivity contribution in [1.29, 1.82) is 0 Å². The fraction of sp³-hybridized carbons (Fsp3) is 0.643. The summed E-state index contributed by atoms with van der Waals surface area (Å²) in [7, 11) is 1.31. The highest BCUT2D eigenvalue weighted by molar-refractivity contribution is 5.79. The molecule has 2 amide bonds. The molecule has 1 aromatic heterocycles. The average molecular weight is 348 g/mol. The molecule has 0 bridgehead atoms. The SMILES string of the molecule is Cn1ccnc1[C@](O)(CC(=O)N1CCC(C(N)=O)CC1)C(F)(F)F. The summed E-state index contributed by atoms with van der Waals surface area (Å²) in [5.74, 6) is -2.36. The zero-order valence-corrected chi connectivity index (χ0v) is 13.1. The van der Waals surface area contributed by atoms with Crippen LogP contribution in [-0.2, 0) is 22.2 Å². The van der Waals surface area contributed by atoms with Crippen molar-refractivity contribution in [3.05, 3.63) is 18.2 Å². The van der Waals surface area contributed by atoms with Gasteiger partial charge in [-0.05, 0) is 12.8 Å². The Bertz CT molecular complexity index is 623. The number of hydrogen-bond donors (Lipinski definition) is 2. The number of carbonyl (C=O) groups excluding carboxylic acids is 2. The van der Waals surface area contributed by atoms with Crippen molar-refractivity contribution in [3.8, 4) is 0 Å². The Balaban J connectivity index is 2.15. The molecule has 0 aromatic carbocycles. The summed E-state index contributed by atoms with van der Waals surface area (Å²) in [5, 5.41) is 10.2. The normalized spacial score (nSPS) is 19.1. The molecule has 0 unspecified atom stereocenters. The van der Waals surface area contributed by atoms with Gasteiger partial charge >= 0.3 is 6.18 Å². The zero-order chi connectivity index (χ0) is 18.1. The van der Waals surface area contributed by atoms with E-state index in [1.165, 1.54) is 18.1 Å². The van der Waals surface area contributed by atoms with Crippen molar-refractivity contribution in [1.82, 2.24) is 14.5 Å². The van der Waals surface area contributed by atoms with E-state index in [1.54, 1.807) is 0 Å². The van der Waals surface area contributed by atoms with Crippen molar-refractivity contribution in [3.63, 3.8) is 0 Å². The number of nitrogens with two attached hydrogens (primary N) is 1. The van der Waals surface area contributed by atoms with Crippen LogP contribution in [0.3, 0.4) is 0 Å². The standard InChI is InChI=1S/C14H19F3N4O3/c1-20-7-4-19-12(20)13(24,14(15,16)17)8-10(22)21-5-2-9(3-6-21)11(18)23/h4,7,9,24H,2-3,5-6,8H2,1H3,(H2,18,23)/t13-/m1/s1. The van der Waals surface area contributed by atoms with Gasteiger partial charge in [0.15, 0.2) is 5.82 Å². The molecule has 1 fully saturated rings. The number of aryl methyl sites for hydroxylation is 1. The number of piperidine rings is 1. The van der Waals surface area contributed by atoms with E-state index >= 15 is 0 Å².